The summed E-state index contributed by atoms with van der Waals surface area (Å²) in [6, 6.07) is 13.6. The van der Waals surface area contributed by atoms with Gasteiger partial charge in [0.1, 0.15) is 5.82 Å². The van der Waals surface area contributed by atoms with Gasteiger partial charge in [0.05, 0.1) is 12.6 Å². The number of aromatic nitrogens is 4. The lowest BCUT2D eigenvalue weighted by Crippen LogP contribution is -2.37. The number of imidazole rings is 1. The van der Waals surface area contributed by atoms with E-state index >= 15 is 0 Å². The van der Waals surface area contributed by atoms with Crippen molar-refractivity contribution < 1.29 is 9.53 Å². The molecular weight excluding hydrogens is 456 g/mol. The van der Waals surface area contributed by atoms with Crippen LogP contribution in [0.5, 0.6) is 5.88 Å². The summed E-state index contributed by atoms with van der Waals surface area (Å²) >= 11 is 0. The van der Waals surface area contributed by atoms with Crippen LogP contribution < -0.4 is 20.2 Å². The SMILES string of the molecule is COc1cc(C(=O)N2CCc3cc(C)ccc32)cc(N2CCC(n3c(=O)[nH]c4ncccc43)CC2)n1. The molecule has 1 saturated heterocycles. The van der Waals surface area contributed by atoms with Crippen molar-refractivity contribution in [1.82, 2.24) is 19.5 Å². The molecule has 0 bridgehead atoms. The van der Waals surface area contributed by atoms with Crippen molar-refractivity contribution in [2.75, 3.05) is 36.5 Å². The topological polar surface area (TPSA) is 96.3 Å². The molecular formula is C27H28N6O3. The van der Waals surface area contributed by atoms with Crippen molar-refractivity contribution in [3.63, 3.8) is 0 Å². The van der Waals surface area contributed by atoms with E-state index in [0.717, 1.165) is 30.5 Å². The lowest BCUT2D eigenvalue weighted by Gasteiger charge is -2.33. The monoisotopic (exact) mass is 484 g/mol. The predicted octanol–water partition coefficient (Wildman–Crippen LogP) is 3.48. The first kappa shape index (κ1) is 22.3. The number of H-pyrrole nitrogens is 1. The van der Waals surface area contributed by atoms with Crippen molar-refractivity contribution >= 4 is 28.6 Å². The van der Waals surface area contributed by atoms with E-state index in [1.807, 2.05) is 39.8 Å². The Morgan fingerprint density at radius 3 is 2.75 bits per heavy atom. The average Bonchev–Trinajstić information content (AvgIpc) is 3.47. The summed E-state index contributed by atoms with van der Waals surface area (Å²) in [6.07, 6.45) is 4.10. The van der Waals surface area contributed by atoms with Crippen LogP contribution in [0.3, 0.4) is 0 Å². The Balaban J connectivity index is 1.24. The number of aryl methyl sites for hydroxylation is 1. The summed E-state index contributed by atoms with van der Waals surface area (Å²) in [7, 11) is 1.57. The van der Waals surface area contributed by atoms with E-state index < -0.39 is 0 Å². The molecule has 0 spiro atoms. The van der Waals surface area contributed by atoms with Crippen LogP contribution >= 0.6 is 0 Å². The Morgan fingerprint density at radius 2 is 1.94 bits per heavy atom. The molecule has 3 aromatic heterocycles. The van der Waals surface area contributed by atoms with Crippen LogP contribution in [0.15, 0.2) is 53.5 Å². The number of nitrogens with one attached hydrogen (secondary N) is 1. The predicted molar refractivity (Wildman–Crippen MR) is 138 cm³/mol. The van der Waals surface area contributed by atoms with Gasteiger partial charge in [-0.25, -0.2) is 9.78 Å². The van der Waals surface area contributed by atoms with Crippen molar-refractivity contribution in [3.8, 4) is 5.88 Å². The normalized spacial score (nSPS) is 15.9. The Kier molecular flexibility index (Phi) is 5.47. The minimum atomic E-state index is -0.129. The van der Waals surface area contributed by atoms with E-state index in [4.69, 9.17) is 4.74 Å². The molecule has 0 unspecified atom stereocenters. The molecule has 36 heavy (non-hydrogen) atoms. The molecule has 9 nitrogen and oxygen atoms in total. The van der Waals surface area contributed by atoms with Gasteiger partial charge in [-0.2, -0.15) is 4.98 Å². The number of aromatic amines is 1. The van der Waals surface area contributed by atoms with Crippen molar-refractivity contribution in [1.29, 1.82) is 0 Å². The van der Waals surface area contributed by atoms with E-state index in [9.17, 15) is 9.59 Å². The Bertz CT molecular complexity index is 1520. The lowest BCUT2D eigenvalue weighted by atomic mass is 10.0. The first-order valence-electron chi connectivity index (χ1n) is 12.3. The van der Waals surface area contributed by atoms with Gasteiger partial charge in [-0.3, -0.25) is 14.3 Å². The summed E-state index contributed by atoms with van der Waals surface area (Å²) in [5.41, 5.74) is 5.25. The van der Waals surface area contributed by atoms with Gasteiger partial charge < -0.3 is 14.5 Å². The lowest BCUT2D eigenvalue weighted by molar-refractivity contribution is 0.0989. The van der Waals surface area contributed by atoms with E-state index in [1.165, 1.54) is 11.1 Å². The Morgan fingerprint density at radius 1 is 1.11 bits per heavy atom. The van der Waals surface area contributed by atoms with Gasteiger partial charge in [0.2, 0.25) is 5.88 Å². The fraction of sp³-hybridized carbons (Fsp3) is 0.333. The number of benzene rings is 1. The number of methoxy groups -OCH3 is 1. The zero-order valence-electron chi connectivity index (χ0n) is 20.4. The second-order valence-corrected chi connectivity index (χ2v) is 9.48. The molecule has 184 valence electrons. The van der Waals surface area contributed by atoms with Gasteiger partial charge in [-0.1, -0.05) is 17.7 Å². The third-order valence-corrected chi connectivity index (χ3v) is 7.26. The van der Waals surface area contributed by atoms with E-state index in [0.29, 0.717) is 42.5 Å². The van der Waals surface area contributed by atoms with Crippen molar-refractivity contribution in [3.05, 3.63) is 75.8 Å². The van der Waals surface area contributed by atoms with Crippen LogP contribution in [0.1, 0.15) is 40.4 Å². The summed E-state index contributed by atoms with van der Waals surface area (Å²) in [6.45, 7) is 4.16. The molecule has 1 amide bonds. The molecule has 0 radical (unpaired) electrons. The van der Waals surface area contributed by atoms with E-state index in [2.05, 4.69) is 32.8 Å². The van der Waals surface area contributed by atoms with Crippen LogP contribution in [0.2, 0.25) is 0 Å². The maximum atomic E-state index is 13.5. The Labute approximate surface area is 208 Å². The quantitative estimate of drug-likeness (QED) is 0.477. The van der Waals surface area contributed by atoms with Crippen LogP contribution in [0.25, 0.3) is 11.2 Å². The van der Waals surface area contributed by atoms with E-state index in [1.54, 1.807) is 19.4 Å². The number of rotatable bonds is 4. The van der Waals surface area contributed by atoms with Crippen molar-refractivity contribution in [2.45, 2.75) is 32.2 Å². The number of anilines is 2. The highest BCUT2D eigenvalue weighted by molar-refractivity contribution is 6.07. The molecule has 2 aliphatic rings. The zero-order chi connectivity index (χ0) is 24.8. The first-order valence-corrected chi connectivity index (χ1v) is 12.3. The molecule has 1 fully saturated rings. The van der Waals surface area contributed by atoms with Gasteiger partial charge in [-0.05, 0) is 56.0 Å². The third-order valence-electron chi connectivity index (χ3n) is 7.26. The van der Waals surface area contributed by atoms with Crippen molar-refractivity contribution in [2.24, 2.45) is 0 Å². The maximum Gasteiger partial charge on any atom is 0.327 e. The number of ether oxygens (including phenoxy) is 1. The highest BCUT2D eigenvalue weighted by atomic mass is 16.5. The first-order chi connectivity index (χ1) is 17.5. The van der Waals surface area contributed by atoms with Gasteiger partial charge >= 0.3 is 5.69 Å². The number of carbonyl (C=O) groups is 1. The highest BCUT2D eigenvalue weighted by Crippen LogP contribution is 2.32. The number of carbonyl (C=O) groups excluding carboxylic acids is 1. The van der Waals surface area contributed by atoms with Gasteiger partial charge in [0, 0.05) is 49.2 Å². The molecule has 5 heterocycles. The molecule has 4 aromatic rings. The standard InChI is InChI=1S/C27H28N6O3/c1-17-5-6-21-18(14-17)7-13-32(21)26(34)19-15-23(29-24(16-19)36-2)31-11-8-20(9-12-31)33-22-4-3-10-28-25(22)30-27(33)35/h3-6,10,14-16,20H,7-9,11-13H2,1-2H3,(H,28,30,35). The number of amides is 1. The van der Waals surface area contributed by atoms with Gasteiger partial charge in [0.25, 0.3) is 5.91 Å². The van der Waals surface area contributed by atoms with E-state index in [-0.39, 0.29) is 17.6 Å². The fourth-order valence-corrected chi connectivity index (χ4v) is 5.45. The number of piperidine rings is 1. The number of fused-ring (bicyclic) bond motifs is 2. The molecule has 1 N–H and O–H groups in total. The maximum absolute atomic E-state index is 13.5. The average molecular weight is 485 g/mol. The number of pyridine rings is 2. The summed E-state index contributed by atoms with van der Waals surface area (Å²) in [4.78, 5) is 41.9. The summed E-state index contributed by atoms with van der Waals surface area (Å²) in [5.74, 6) is 1.08. The molecule has 1 aromatic carbocycles. The van der Waals surface area contributed by atoms with Crippen LogP contribution in [-0.4, -0.2) is 52.2 Å². The minimum absolute atomic E-state index is 0.0488. The van der Waals surface area contributed by atoms with Crippen LogP contribution in [0.4, 0.5) is 11.5 Å². The largest absolute Gasteiger partial charge is 0.481 e. The minimum Gasteiger partial charge on any atom is -0.481 e. The number of hydrogen-bond acceptors (Lipinski definition) is 6. The van der Waals surface area contributed by atoms with Gasteiger partial charge in [0.15, 0.2) is 5.65 Å². The summed E-state index contributed by atoms with van der Waals surface area (Å²) < 4.78 is 7.28. The second kappa shape index (κ2) is 8.82. The summed E-state index contributed by atoms with van der Waals surface area (Å²) in [5, 5.41) is 0. The third kappa shape index (κ3) is 3.80. The van der Waals surface area contributed by atoms with Crippen LogP contribution in [0, 0.1) is 6.92 Å². The molecule has 2 aliphatic heterocycles. The fourth-order valence-electron chi connectivity index (χ4n) is 5.45. The van der Waals surface area contributed by atoms with Crippen LogP contribution in [-0.2, 0) is 6.42 Å². The highest BCUT2D eigenvalue weighted by Gasteiger charge is 2.28. The molecule has 9 heteroatoms. The smallest absolute Gasteiger partial charge is 0.327 e. The Hall–Kier alpha value is -4.14. The molecule has 6 rings (SSSR count). The number of nitrogens with zero attached hydrogens (tertiary/aromatic N) is 5. The molecule has 0 saturated carbocycles. The second-order valence-electron chi connectivity index (χ2n) is 9.48. The number of hydrogen-bond donors (Lipinski definition) is 1. The molecule has 0 atom stereocenters. The molecule has 0 aliphatic carbocycles. The van der Waals surface area contributed by atoms with Gasteiger partial charge in [-0.15, -0.1) is 0 Å². The zero-order valence-corrected chi connectivity index (χ0v) is 20.4.